The SMILES string of the molecule is C=CCNC(=NCC(=O)N(C)C)N(C)CC(C)c1nccs1.I. The van der Waals surface area contributed by atoms with Crippen LogP contribution in [0.25, 0.3) is 0 Å². The van der Waals surface area contributed by atoms with Crippen molar-refractivity contribution in [2.75, 3.05) is 40.8 Å². The second-order valence-corrected chi connectivity index (χ2v) is 6.18. The Morgan fingerprint density at radius 3 is 2.74 bits per heavy atom. The summed E-state index contributed by atoms with van der Waals surface area (Å²) in [7, 11) is 5.41. The molecular weight excluding hydrogens is 425 g/mol. The van der Waals surface area contributed by atoms with Crippen LogP contribution in [0.1, 0.15) is 17.8 Å². The van der Waals surface area contributed by atoms with Gasteiger partial charge in [0.1, 0.15) is 6.54 Å². The third-order valence-electron chi connectivity index (χ3n) is 3.05. The third kappa shape index (κ3) is 7.78. The maximum atomic E-state index is 11.7. The van der Waals surface area contributed by atoms with E-state index in [9.17, 15) is 4.79 Å². The first kappa shape index (κ1) is 21.8. The van der Waals surface area contributed by atoms with Gasteiger partial charge < -0.3 is 15.1 Å². The molecule has 6 nitrogen and oxygen atoms in total. The molecule has 8 heteroatoms. The maximum absolute atomic E-state index is 11.7. The molecule has 1 aromatic heterocycles. The minimum Gasteiger partial charge on any atom is -0.353 e. The topological polar surface area (TPSA) is 60.8 Å². The Hall–Kier alpha value is -1.16. The molecule has 0 bridgehead atoms. The van der Waals surface area contributed by atoms with Crippen molar-refractivity contribution in [3.8, 4) is 0 Å². The molecule has 0 aliphatic heterocycles. The number of thiazole rings is 1. The van der Waals surface area contributed by atoms with Crippen LogP contribution in [0.3, 0.4) is 0 Å². The summed E-state index contributed by atoms with van der Waals surface area (Å²) in [6.07, 6.45) is 3.58. The number of nitrogens with zero attached hydrogens (tertiary/aromatic N) is 4. The predicted molar refractivity (Wildman–Crippen MR) is 108 cm³/mol. The van der Waals surface area contributed by atoms with Crippen LogP contribution >= 0.6 is 35.3 Å². The predicted octanol–water partition coefficient (Wildman–Crippen LogP) is 2.02. The lowest BCUT2D eigenvalue weighted by atomic mass is 10.2. The lowest BCUT2D eigenvalue weighted by Crippen LogP contribution is -2.41. The molecule has 0 spiro atoms. The first-order valence-electron chi connectivity index (χ1n) is 7.15. The number of amides is 1. The second-order valence-electron chi connectivity index (χ2n) is 5.25. The zero-order valence-electron chi connectivity index (χ0n) is 14.2. The smallest absolute Gasteiger partial charge is 0.243 e. The van der Waals surface area contributed by atoms with Gasteiger partial charge in [-0.3, -0.25) is 4.79 Å². The van der Waals surface area contributed by atoms with E-state index >= 15 is 0 Å². The number of hydrogen-bond donors (Lipinski definition) is 1. The average molecular weight is 451 g/mol. The molecule has 0 fully saturated rings. The number of likely N-dealkylation sites (N-methyl/N-ethyl adjacent to an activating group) is 2. The van der Waals surface area contributed by atoms with Gasteiger partial charge in [-0.05, 0) is 0 Å². The van der Waals surface area contributed by atoms with Crippen molar-refractivity contribution in [3.05, 3.63) is 29.2 Å². The van der Waals surface area contributed by atoms with Crippen LogP contribution < -0.4 is 5.32 Å². The number of halogens is 1. The average Bonchev–Trinajstić information content (AvgIpc) is 3.01. The van der Waals surface area contributed by atoms with Crippen LogP contribution in [0.4, 0.5) is 0 Å². The van der Waals surface area contributed by atoms with Gasteiger partial charge in [-0.2, -0.15) is 0 Å². The van der Waals surface area contributed by atoms with Crippen LogP contribution in [0, 0.1) is 0 Å². The first-order valence-corrected chi connectivity index (χ1v) is 8.03. The third-order valence-corrected chi connectivity index (χ3v) is 4.06. The van der Waals surface area contributed by atoms with Crippen molar-refractivity contribution in [1.82, 2.24) is 20.1 Å². The van der Waals surface area contributed by atoms with E-state index in [0.717, 1.165) is 11.6 Å². The van der Waals surface area contributed by atoms with Crippen molar-refractivity contribution in [3.63, 3.8) is 0 Å². The second kappa shape index (κ2) is 11.4. The summed E-state index contributed by atoms with van der Waals surface area (Å²) >= 11 is 1.65. The van der Waals surface area contributed by atoms with Gasteiger partial charge in [0.25, 0.3) is 0 Å². The largest absolute Gasteiger partial charge is 0.353 e. The van der Waals surface area contributed by atoms with Crippen molar-refractivity contribution in [2.24, 2.45) is 4.99 Å². The van der Waals surface area contributed by atoms with E-state index < -0.39 is 0 Å². The molecule has 0 saturated carbocycles. The quantitative estimate of drug-likeness (QED) is 0.298. The van der Waals surface area contributed by atoms with E-state index in [1.54, 1.807) is 31.5 Å². The number of aromatic nitrogens is 1. The molecule has 0 radical (unpaired) electrons. The molecule has 0 aliphatic rings. The highest BCUT2D eigenvalue weighted by atomic mass is 127. The van der Waals surface area contributed by atoms with Crippen molar-refractivity contribution in [2.45, 2.75) is 12.8 Å². The van der Waals surface area contributed by atoms with Crippen LogP contribution in [-0.2, 0) is 4.79 Å². The van der Waals surface area contributed by atoms with Gasteiger partial charge >= 0.3 is 0 Å². The zero-order chi connectivity index (χ0) is 16.5. The molecule has 1 unspecified atom stereocenters. The monoisotopic (exact) mass is 451 g/mol. The van der Waals surface area contributed by atoms with Crippen LogP contribution in [0.2, 0.25) is 0 Å². The van der Waals surface area contributed by atoms with Gasteiger partial charge in [0.05, 0.1) is 5.01 Å². The molecule has 130 valence electrons. The minimum atomic E-state index is -0.0284. The molecular formula is C15H26IN5OS. The molecule has 0 saturated heterocycles. The van der Waals surface area contributed by atoms with Crippen LogP contribution in [-0.4, -0.2) is 67.4 Å². The van der Waals surface area contributed by atoms with Gasteiger partial charge in [-0.1, -0.05) is 13.0 Å². The fourth-order valence-electron chi connectivity index (χ4n) is 1.81. The van der Waals surface area contributed by atoms with Crippen molar-refractivity contribution < 1.29 is 4.79 Å². The Bertz CT molecular complexity index is 504. The number of carbonyl (C=O) groups is 1. The van der Waals surface area contributed by atoms with E-state index in [2.05, 4.69) is 28.8 Å². The first-order chi connectivity index (χ1) is 10.5. The summed E-state index contributed by atoms with van der Waals surface area (Å²) in [5.41, 5.74) is 0. The van der Waals surface area contributed by atoms with E-state index in [1.165, 1.54) is 4.90 Å². The van der Waals surface area contributed by atoms with Gasteiger partial charge in [-0.25, -0.2) is 9.98 Å². The summed E-state index contributed by atoms with van der Waals surface area (Å²) in [5, 5.41) is 6.26. The highest BCUT2D eigenvalue weighted by Gasteiger charge is 2.14. The van der Waals surface area contributed by atoms with E-state index in [-0.39, 0.29) is 36.4 Å². The Morgan fingerprint density at radius 1 is 1.52 bits per heavy atom. The van der Waals surface area contributed by atoms with E-state index in [1.807, 2.05) is 23.5 Å². The van der Waals surface area contributed by atoms with Gasteiger partial charge in [0.15, 0.2) is 5.96 Å². The molecule has 1 heterocycles. The van der Waals surface area contributed by atoms with Gasteiger partial charge in [-0.15, -0.1) is 41.9 Å². The molecule has 0 aliphatic carbocycles. The molecule has 1 rings (SSSR count). The maximum Gasteiger partial charge on any atom is 0.243 e. The normalized spacial score (nSPS) is 12.1. The zero-order valence-corrected chi connectivity index (χ0v) is 17.3. The van der Waals surface area contributed by atoms with Crippen molar-refractivity contribution in [1.29, 1.82) is 0 Å². The van der Waals surface area contributed by atoms with Crippen LogP contribution in [0.15, 0.2) is 29.2 Å². The molecule has 1 N–H and O–H groups in total. The van der Waals surface area contributed by atoms with E-state index in [4.69, 9.17) is 0 Å². The number of rotatable bonds is 7. The molecule has 0 aromatic carbocycles. The fourth-order valence-corrected chi connectivity index (χ4v) is 2.50. The minimum absolute atomic E-state index is 0. The number of carbonyl (C=O) groups excluding carboxylic acids is 1. The number of aliphatic imine (C=N–C) groups is 1. The Kier molecular flexibility index (Phi) is 10.8. The fraction of sp³-hybridized carbons (Fsp3) is 0.533. The summed E-state index contributed by atoms with van der Waals surface area (Å²) < 4.78 is 0. The van der Waals surface area contributed by atoms with Gasteiger partial charge in [0, 0.05) is 51.7 Å². The Balaban J connectivity index is 0.00000484. The molecule has 1 aromatic rings. The lowest BCUT2D eigenvalue weighted by Gasteiger charge is -2.24. The van der Waals surface area contributed by atoms with Crippen LogP contribution in [0.5, 0.6) is 0 Å². The van der Waals surface area contributed by atoms with Crippen molar-refractivity contribution >= 4 is 47.2 Å². The number of guanidine groups is 1. The number of nitrogens with one attached hydrogen (secondary N) is 1. The number of hydrogen-bond acceptors (Lipinski definition) is 4. The summed E-state index contributed by atoms with van der Waals surface area (Å²) in [6, 6.07) is 0. The highest BCUT2D eigenvalue weighted by molar-refractivity contribution is 14.0. The molecule has 1 amide bonds. The highest BCUT2D eigenvalue weighted by Crippen LogP contribution is 2.18. The molecule has 23 heavy (non-hydrogen) atoms. The summed E-state index contributed by atoms with van der Waals surface area (Å²) in [4.78, 5) is 24.0. The summed E-state index contributed by atoms with van der Waals surface area (Å²) in [6.45, 7) is 7.33. The Morgan fingerprint density at radius 2 is 2.22 bits per heavy atom. The van der Waals surface area contributed by atoms with E-state index in [0.29, 0.717) is 18.4 Å². The lowest BCUT2D eigenvalue weighted by molar-refractivity contribution is -0.127. The summed E-state index contributed by atoms with van der Waals surface area (Å²) in [5.74, 6) is 0.961. The standard InChI is InChI=1S/C15H25N5OS.HI/c1-6-7-17-15(18-10-13(21)19(3)4)20(5)11-12(2)14-16-8-9-22-14;/h6,8-9,12H,1,7,10-11H2,2-5H3,(H,17,18);1H. The Labute approximate surface area is 159 Å². The molecule has 1 atom stereocenters. The van der Waals surface area contributed by atoms with Gasteiger partial charge in [0.2, 0.25) is 5.91 Å².